The highest BCUT2D eigenvalue weighted by Crippen LogP contribution is 2.24. The Balaban J connectivity index is 2.20. The number of carboxylic acid groups (broad SMARTS) is 1. The van der Waals surface area contributed by atoms with Gasteiger partial charge in [-0.3, -0.25) is 4.79 Å². The molecule has 102 valence electrons. The lowest BCUT2D eigenvalue weighted by Gasteiger charge is -2.15. The van der Waals surface area contributed by atoms with E-state index in [2.05, 4.69) is 26.6 Å². The zero-order chi connectivity index (χ0) is 14.0. The number of amides is 1. The van der Waals surface area contributed by atoms with Crippen LogP contribution in [0, 0.1) is 11.8 Å². The third-order valence-corrected chi connectivity index (χ3v) is 3.82. The van der Waals surface area contributed by atoms with E-state index >= 15 is 0 Å². The maximum Gasteiger partial charge on any atom is 0.337 e. The van der Waals surface area contributed by atoms with Crippen LogP contribution in [0.4, 0.5) is 5.69 Å². The van der Waals surface area contributed by atoms with Gasteiger partial charge < -0.3 is 15.7 Å². The normalized spacial score (nSPS) is 22.2. The van der Waals surface area contributed by atoms with Crippen molar-refractivity contribution in [3.63, 3.8) is 0 Å². The lowest BCUT2D eigenvalue weighted by molar-refractivity contribution is -0.120. The third-order valence-electron chi connectivity index (χ3n) is 3.32. The Morgan fingerprint density at radius 1 is 1.42 bits per heavy atom. The number of hydrogen-bond donors (Lipinski definition) is 3. The van der Waals surface area contributed by atoms with Gasteiger partial charge in [-0.05, 0) is 30.7 Å². The minimum atomic E-state index is -1.06. The second-order valence-electron chi connectivity index (χ2n) is 4.73. The maximum absolute atomic E-state index is 12.2. The molecule has 2 atom stereocenters. The number of benzene rings is 1. The van der Waals surface area contributed by atoms with E-state index in [9.17, 15) is 9.59 Å². The molecular formula is C13H15BrN2O3. The highest BCUT2D eigenvalue weighted by Gasteiger charge is 2.30. The summed E-state index contributed by atoms with van der Waals surface area (Å²) in [5, 5.41) is 15.0. The van der Waals surface area contributed by atoms with Gasteiger partial charge in [-0.15, -0.1) is 0 Å². The lowest BCUT2D eigenvalue weighted by Crippen LogP contribution is -2.28. The highest BCUT2D eigenvalue weighted by atomic mass is 79.9. The first-order chi connectivity index (χ1) is 8.99. The second kappa shape index (κ2) is 5.71. The zero-order valence-electron chi connectivity index (χ0n) is 10.4. The number of carboxylic acids is 1. The van der Waals surface area contributed by atoms with Crippen molar-refractivity contribution in [2.75, 3.05) is 18.4 Å². The Morgan fingerprint density at radius 2 is 2.16 bits per heavy atom. The van der Waals surface area contributed by atoms with Crippen molar-refractivity contribution in [1.82, 2.24) is 5.32 Å². The Bertz CT molecular complexity index is 519. The molecule has 0 radical (unpaired) electrons. The van der Waals surface area contributed by atoms with Gasteiger partial charge in [0.15, 0.2) is 0 Å². The van der Waals surface area contributed by atoms with Crippen molar-refractivity contribution in [3.8, 4) is 0 Å². The summed E-state index contributed by atoms with van der Waals surface area (Å²) in [7, 11) is 0. The molecule has 2 rings (SSSR count). The van der Waals surface area contributed by atoms with Crippen LogP contribution in [0.1, 0.15) is 17.3 Å². The molecule has 1 saturated heterocycles. The molecule has 0 spiro atoms. The molecule has 3 N–H and O–H groups in total. The minimum absolute atomic E-state index is 0.0927. The molecule has 19 heavy (non-hydrogen) atoms. The molecule has 0 aliphatic carbocycles. The van der Waals surface area contributed by atoms with Gasteiger partial charge in [0.25, 0.3) is 0 Å². The first-order valence-corrected chi connectivity index (χ1v) is 6.82. The average molecular weight is 327 g/mol. The number of nitrogens with one attached hydrogen (secondary N) is 2. The number of rotatable bonds is 3. The van der Waals surface area contributed by atoms with Gasteiger partial charge in [0, 0.05) is 11.0 Å². The summed E-state index contributed by atoms with van der Waals surface area (Å²) in [6.45, 7) is 3.44. The summed E-state index contributed by atoms with van der Waals surface area (Å²) < 4.78 is 0.727. The topological polar surface area (TPSA) is 78.4 Å². The van der Waals surface area contributed by atoms with Gasteiger partial charge in [-0.1, -0.05) is 22.9 Å². The van der Waals surface area contributed by atoms with E-state index in [0.717, 1.165) is 11.0 Å². The molecule has 1 aromatic rings. The van der Waals surface area contributed by atoms with Crippen molar-refractivity contribution in [2.24, 2.45) is 11.8 Å². The van der Waals surface area contributed by atoms with Crippen LogP contribution in [0.5, 0.6) is 0 Å². The molecule has 5 nitrogen and oxygen atoms in total. The van der Waals surface area contributed by atoms with Crippen molar-refractivity contribution in [1.29, 1.82) is 0 Å². The van der Waals surface area contributed by atoms with Crippen LogP contribution in [0.25, 0.3) is 0 Å². The molecule has 1 aromatic carbocycles. The van der Waals surface area contributed by atoms with Crippen LogP contribution in [-0.4, -0.2) is 30.1 Å². The number of halogens is 1. The Kier molecular flexibility index (Phi) is 4.21. The summed E-state index contributed by atoms with van der Waals surface area (Å²) in [5.74, 6) is -1.07. The lowest BCUT2D eigenvalue weighted by atomic mass is 9.97. The quantitative estimate of drug-likeness (QED) is 0.793. The summed E-state index contributed by atoms with van der Waals surface area (Å²) in [5.41, 5.74) is 0.418. The van der Waals surface area contributed by atoms with Gasteiger partial charge >= 0.3 is 5.97 Å². The first-order valence-electron chi connectivity index (χ1n) is 6.03. The number of anilines is 1. The van der Waals surface area contributed by atoms with E-state index in [0.29, 0.717) is 12.2 Å². The van der Waals surface area contributed by atoms with Gasteiger partial charge in [-0.2, -0.15) is 0 Å². The van der Waals surface area contributed by atoms with Crippen LogP contribution in [0.15, 0.2) is 22.7 Å². The Hall–Kier alpha value is -1.40. The molecule has 1 aliphatic rings. The largest absolute Gasteiger partial charge is 0.478 e. The van der Waals surface area contributed by atoms with E-state index in [1.165, 1.54) is 6.07 Å². The molecule has 0 saturated carbocycles. The Labute approximate surface area is 119 Å². The standard InChI is InChI=1S/C13H15BrN2O3/c1-7-5-15-6-10(7)12(17)16-11-4-8(14)2-3-9(11)13(18)19/h2-4,7,10,15H,5-6H2,1H3,(H,16,17)(H,18,19). The number of carbonyl (C=O) groups excluding carboxylic acids is 1. The summed E-state index contributed by atoms with van der Waals surface area (Å²) in [6, 6.07) is 4.71. The van der Waals surface area contributed by atoms with Crippen LogP contribution >= 0.6 is 15.9 Å². The van der Waals surface area contributed by atoms with E-state index in [1.807, 2.05) is 6.92 Å². The highest BCUT2D eigenvalue weighted by molar-refractivity contribution is 9.10. The molecule has 6 heteroatoms. The fraction of sp³-hybridized carbons (Fsp3) is 0.385. The second-order valence-corrected chi connectivity index (χ2v) is 5.64. The van der Waals surface area contributed by atoms with Crippen LogP contribution in [0.3, 0.4) is 0 Å². The van der Waals surface area contributed by atoms with Gasteiger partial charge in [-0.25, -0.2) is 4.79 Å². The van der Waals surface area contributed by atoms with E-state index in [4.69, 9.17) is 5.11 Å². The summed E-state index contributed by atoms with van der Waals surface area (Å²) in [4.78, 5) is 23.3. The number of hydrogen-bond acceptors (Lipinski definition) is 3. The average Bonchev–Trinajstić information content (AvgIpc) is 2.75. The Morgan fingerprint density at radius 3 is 2.74 bits per heavy atom. The van der Waals surface area contributed by atoms with E-state index in [1.54, 1.807) is 12.1 Å². The fourth-order valence-corrected chi connectivity index (χ4v) is 2.55. The third kappa shape index (κ3) is 3.13. The zero-order valence-corrected chi connectivity index (χ0v) is 12.0. The van der Waals surface area contributed by atoms with Crippen LogP contribution in [0.2, 0.25) is 0 Å². The summed E-state index contributed by atoms with van der Waals surface area (Å²) in [6.07, 6.45) is 0. The number of carbonyl (C=O) groups is 2. The number of aromatic carboxylic acids is 1. The molecule has 1 heterocycles. The van der Waals surface area contributed by atoms with Gasteiger partial charge in [0.1, 0.15) is 0 Å². The molecule has 0 aromatic heterocycles. The summed E-state index contributed by atoms with van der Waals surface area (Å²) >= 11 is 3.27. The maximum atomic E-state index is 12.2. The monoisotopic (exact) mass is 326 g/mol. The molecule has 1 amide bonds. The molecule has 0 bridgehead atoms. The first kappa shape index (κ1) is 14.0. The van der Waals surface area contributed by atoms with Crippen molar-refractivity contribution < 1.29 is 14.7 Å². The van der Waals surface area contributed by atoms with Crippen molar-refractivity contribution in [2.45, 2.75) is 6.92 Å². The molecule has 1 fully saturated rings. The predicted molar refractivity (Wildman–Crippen MR) is 75.3 cm³/mol. The molecular weight excluding hydrogens is 312 g/mol. The fourth-order valence-electron chi connectivity index (χ4n) is 2.19. The smallest absolute Gasteiger partial charge is 0.337 e. The molecule has 1 aliphatic heterocycles. The minimum Gasteiger partial charge on any atom is -0.478 e. The van der Waals surface area contributed by atoms with Gasteiger partial charge in [0.2, 0.25) is 5.91 Å². The van der Waals surface area contributed by atoms with Crippen molar-refractivity contribution in [3.05, 3.63) is 28.2 Å². The van der Waals surface area contributed by atoms with E-state index in [-0.39, 0.29) is 23.3 Å². The van der Waals surface area contributed by atoms with Crippen molar-refractivity contribution >= 4 is 33.5 Å². The van der Waals surface area contributed by atoms with E-state index < -0.39 is 5.97 Å². The van der Waals surface area contributed by atoms with Crippen LogP contribution < -0.4 is 10.6 Å². The molecule has 2 unspecified atom stereocenters. The van der Waals surface area contributed by atoms with Crippen LogP contribution in [-0.2, 0) is 4.79 Å². The van der Waals surface area contributed by atoms with Gasteiger partial charge in [0.05, 0.1) is 17.2 Å². The predicted octanol–water partition coefficient (Wildman–Crippen LogP) is 1.94. The SMILES string of the molecule is CC1CNCC1C(=O)Nc1cc(Br)ccc1C(=O)O.